The molecular formula is C12H10BrClN2O. The molecule has 0 radical (unpaired) electrons. The fourth-order valence-electron chi connectivity index (χ4n) is 1.49. The molecule has 0 aliphatic rings. The number of hydrogen-bond donors (Lipinski definition) is 1. The van der Waals surface area contributed by atoms with Gasteiger partial charge in [0.25, 0.3) is 0 Å². The summed E-state index contributed by atoms with van der Waals surface area (Å²) in [6.45, 7) is 0. The average molecular weight is 314 g/mol. The molecule has 0 fully saturated rings. The monoisotopic (exact) mass is 312 g/mol. The van der Waals surface area contributed by atoms with Crippen molar-refractivity contribution in [3.63, 3.8) is 0 Å². The molecule has 0 aliphatic carbocycles. The van der Waals surface area contributed by atoms with Gasteiger partial charge >= 0.3 is 0 Å². The van der Waals surface area contributed by atoms with Gasteiger partial charge in [-0.2, -0.15) is 0 Å². The number of pyridine rings is 2. The lowest BCUT2D eigenvalue weighted by Gasteiger charge is -2.10. The Kier molecular flexibility index (Phi) is 4.10. The lowest BCUT2D eigenvalue weighted by molar-refractivity contribution is 0.178. The number of halogens is 2. The molecule has 0 aromatic carbocycles. The second kappa shape index (κ2) is 5.58. The maximum Gasteiger partial charge on any atom is 0.129 e. The predicted octanol–water partition coefficient (Wildman–Crippen LogP) is 3.17. The van der Waals surface area contributed by atoms with E-state index in [-0.39, 0.29) is 0 Å². The van der Waals surface area contributed by atoms with Crippen molar-refractivity contribution in [1.29, 1.82) is 0 Å². The summed E-state index contributed by atoms with van der Waals surface area (Å²) in [5.41, 5.74) is 1.70. The van der Waals surface area contributed by atoms with E-state index in [2.05, 4.69) is 25.9 Å². The van der Waals surface area contributed by atoms with E-state index in [1.807, 2.05) is 6.07 Å². The van der Waals surface area contributed by atoms with Crippen LogP contribution in [0.25, 0.3) is 0 Å². The first-order valence-corrected chi connectivity index (χ1v) is 6.21. The van der Waals surface area contributed by atoms with Crippen LogP contribution in [0.4, 0.5) is 0 Å². The van der Waals surface area contributed by atoms with Gasteiger partial charge in [0.1, 0.15) is 5.15 Å². The van der Waals surface area contributed by atoms with E-state index in [0.717, 1.165) is 15.6 Å². The van der Waals surface area contributed by atoms with Crippen molar-refractivity contribution >= 4 is 27.5 Å². The van der Waals surface area contributed by atoms with Crippen molar-refractivity contribution in [3.8, 4) is 0 Å². The number of aliphatic hydroxyl groups excluding tert-OH is 1. The summed E-state index contributed by atoms with van der Waals surface area (Å²) in [5, 5.41) is 10.5. The highest BCUT2D eigenvalue weighted by molar-refractivity contribution is 9.10. The standard InChI is InChI=1S/C12H10BrClN2O/c13-10-3-8(5-15-7-10)4-11(17)9-1-2-12(14)16-6-9/h1-3,5-7,11,17H,4H2. The first-order valence-electron chi connectivity index (χ1n) is 5.04. The van der Waals surface area contributed by atoms with Crippen molar-refractivity contribution < 1.29 is 5.11 Å². The number of nitrogens with zero attached hydrogens (tertiary/aromatic N) is 2. The molecule has 2 rings (SSSR count). The highest BCUT2D eigenvalue weighted by Gasteiger charge is 2.09. The molecule has 17 heavy (non-hydrogen) atoms. The van der Waals surface area contributed by atoms with Crippen molar-refractivity contribution in [2.24, 2.45) is 0 Å². The third kappa shape index (κ3) is 3.49. The van der Waals surface area contributed by atoms with Crippen LogP contribution in [0.2, 0.25) is 5.15 Å². The zero-order chi connectivity index (χ0) is 12.3. The van der Waals surface area contributed by atoms with Gasteiger partial charge in [-0.15, -0.1) is 0 Å². The molecule has 0 spiro atoms. The van der Waals surface area contributed by atoms with Crippen LogP contribution in [0.15, 0.2) is 41.3 Å². The largest absolute Gasteiger partial charge is 0.388 e. The van der Waals surface area contributed by atoms with Crippen LogP contribution in [0.5, 0.6) is 0 Å². The topological polar surface area (TPSA) is 46.0 Å². The van der Waals surface area contributed by atoms with E-state index < -0.39 is 6.10 Å². The van der Waals surface area contributed by atoms with E-state index >= 15 is 0 Å². The molecule has 1 unspecified atom stereocenters. The highest BCUT2D eigenvalue weighted by atomic mass is 79.9. The predicted molar refractivity (Wildman–Crippen MR) is 69.8 cm³/mol. The molecule has 1 N–H and O–H groups in total. The normalized spacial score (nSPS) is 12.4. The summed E-state index contributed by atoms with van der Waals surface area (Å²) in [5.74, 6) is 0. The Morgan fingerprint density at radius 1 is 1.29 bits per heavy atom. The van der Waals surface area contributed by atoms with Crippen molar-refractivity contribution in [2.75, 3.05) is 0 Å². The number of hydrogen-bond acceptors (Lipinski definition) is 3. The Balaban J connectivity index is 2.11. The number of aromatic nitrogens is 2. The van der Waals surface area contributed by atoms with Crippen LogP contribution < -0.4 is 0 Å². The van der Waals surface area contributed by atoms with Gasteiger partial charge in [-0.25, -0.2) is 4.98 Å². The third-order valence-corrected chi connectivity index (χ3v) is 2.98. The Morgan fingerprint density at radius 2 is 2.12 bits per heavy atom. The Labute approximate surface area is 113 Å². The Morgan fingerprint density at radius 3 is 2.76 bits per heavy atom. The molecule has 2 aromatic rings. The summed E-state index contributed by atoms with van der Waals surface area (Å²) in [6.07, 6.45) is 4.92. The first-order chi connectivity index (χ1) is 8.15. The van der Waals surface area contributed by atoms with Gasteiger partial charge in [0.15, 0.2) is 0 Å². The maximum atomic E-state index is 10.0. The lowest BCUT2D eigenvalue weighted by Crippen LogP contribution is -2.02. The minimum atomic E-state index is -0.601. The van der Waals surface area contributed by atoms with Crippen LogP contribution in [-0.4, -0.2) is 15.1 Å². The average Bonchev–Trinajstić information content (AvgIpc) is 2.29. The van der Waals surface area contributed by atoms with Crippen molar-refractivity contribution in [3.05, 3.63) is 57.5 Å². The van der Waals surface area contributed by atoms with Gasteiger partial charge < -0.3 is 5.11 Å². The van der Waals surface area contributed by atoms with Gasteiger partial charge in [0.2, 0.25) is 0 Å². The summed E-state index contributed by atoms with van der Waals surface area (Å²) >= 11 is 9.03. The maximum absolute atomic E-state index is 10.0. The van der Waals surface area contributed by atoms with E-state index in [0.29, 0.717) is 11.6 Å². The molecule has 0 amide bonds. The molecule has 0 aliphatic heterocycles. The Bertz CT molecular complexity index is 504. The minimum Gasteiger partial charge on any atom is -0.388 e. The molecule has 0 saturated carbocycles. The molecule has 1 atom stereocenters. The molecule has 88 valence electrons. The van der Waals surface area contributed by atoms with E-state index in [9.17, 15) is 5.11 Å². The van der Waals surface area contributed by atoms with Crippen LogP contribution >= 0.6 is 27.5 Å². The lowest BCUT2D eigenvalue weighted by atomic mass is 10.0. The van der Waals surface area contributed by atoms with Crippen molar-refractivity contribution in [2.45, 2.75) is 12.5 Å². The van der Waals surface area contributed by atoms with Crippen LogP contribution in [0.1, 0.15) is 17.2 Å². The molecule has 5 heteroatoms. The van der Waals surface area contributed by atoms with E-state index in [1.54, 1.807) is 30.7 Å². The van der Waals surface area contributed by atoms with Crippen LogP contribution in [-0.2, 0) is 6.42 Å². The number of rotatable bonds is 3. The molecular weight excluding hydrogens is 304 g/mol. The quantitative estimate of drug-likeness (QED) is 0.885. The summed E-state index contributed by atoms with van der Waals surface area (Å²) in [7, 11) is 0. The van der Waals surface area contributed by atoms with Gasteiger partial charge in [0, 0.05) is 29.5 Å². The first kappa shape index (κ1) is 12.5. The van der Waals surface area contributed by atoms with Crippen molar-refractivity contribution in [1.82, 2.24) is 9.97 Å². The number of aliphatic hydroxyl groups is 1. The highest BCUT2D eigenvalue weighted by Crippen LogP contribution is 2.20. The SMILES string of the molecule is OC(Cc1cncc(Br)c1)c1ccc(Cl)nc1. The summed E-state index contributed by atoms with van der Waals surface area (Å²) in [4.78, 5) is 7.99. The van der Waals surface area contributed by atoms with Gasteiger partial charge in [-0.05, 0) is 39.2 Å². The molecule has 2 heterocycles. The second-order valence-electron chi connectivity index (χ2n) is 3.65. The Hall–Kier alpha value is -0.970. The second-order valence-corrected chi connectivity index (χ2v) is 4.95. The van der Waals surface area contributed by atoms with Gasteiger partial charge in [0.05, 0.1) is 6.10 Å². The van der Waals surface area contributed by atoms with Crippen LogP contribution in [0, 0.1) is 0 Å². The van der Waals surface area contributed by atoms with Gasteiger partial charge in [-0.3, -0.25) is 4.98 Å². The smallest absolute Gasteiger partial charge is 0.129 e. The third-order valence-electron chi connectivity index (χ3n) is 2.33. The molecule has 0 saturated heterocycles. The summed E-state index contributed by atoms with van der Waals surface area (Å²) in [6, 6.07) is 5.37. The summed E-state index contributed by atoms with van der Waals surface area (Å²) < 4.78 is 0.899. The fraction of sp³-hybridized carbons (Fsp3) is 0.167. The molecule has 0 bridgehead atoms. The van der Waals surface area contributed by atoms with E-state index in [1.165, 1.54) is 0 Å². The zero-order valence-electron chi connectivity index (χ0n) is 8.85. The zero-order valence-corrected chi connectivity index (χ0v) is 11.2. The van der Waals surface area contributed by atoms with E-state index in [4.69, 9.17) is 11.6 Å². The van der Waals surface area contributed by atoms with Crippen LogP contribution in [0.3, 0.4) is 0 Å². The molecule has 2 aromatic heterocycles. The van der Waals surface area contributed by atoms with Gasteiger partial charge in [-0.1, -0.05) is 17.7 Å². The minimum absolute atomic E-state index is 0.421. The fourth-order valence-corrected chi connectivity index (χ4v) is 2.02. The molecule has 3 nitrogen and oxygen atoms in total.